The highest BCUT2D eigenvalue weighted by Crippen LogP contribution is 2.18. The number of hydrogen-bond acceptors (Lipinski definition) is 3. The van der Waals surface area contributed by atoms with E-state index in [1.807, 2.05) is 19.1 Å². The van der Waals surface area contributed by atoms with Crippen molar-refractivity contribution in [1.29, 1.82) is 0 Å². The van der Waals surface area contributed by atoms with Gasteiger partial charge in [-0.3, -0.25) is 4.79 Å². The largest absolute Gasteiger partial charge is 0.398 e. The van der Waals surface area contributed by atoms with E-state index in [0.717, 1.165) is 12.0 Å². The smallest absolute Gasteiger partial charge is 0.253 e. The van der Waals surface area contributed by atoms with Crippen LogP contribution in [0.2, 0.25) is 0 Å². The zero-order valence-electron chi connectivity index (χ0n) is 9.91. The monoisotopic (exact) mass is 222 g/mol. The Labute approximate surface area is 95.8 Å². The Hall–Kier alpha value is -1.55. The first-order valence-electron chi connectivity index (χ1n) is 5.30. The van der Waals surface area contributed by atoms with Gasteiger partial charge < -0.3 is 15.8 Å². The second-order valence-electron chi connectivity index (χ2n) is 3.63. The summed E-state index contributed by atoms with van der Waals surface area (Å²) in [5.41, 5.74) is 8.31. The van der Waals surface area contributed by atoms with Gasteiger partial charge in [0.1, 0.15) is 6.10 Å². The van der Waals surface area contributed by atoms with Crippen LogP contribution < -0.4 is 11.1 Å². The minimum atomic E-state index is -0.466. The normalized spacial score (nSPS) is 12.2. The van der Waals surface area contributed by atoms with Crippen molar-refractivity contribution < 1.29 is 9.53 Å². The lowest BCUT2D eigenvalue weighted by Gasteiger charge is -2.11. The van der Waals surface area contributed by atoms with Crippen LogP contribution >= 0.6 is 0 Å². The van der Waals surface area contributed by atoms with Gasteiger partial charge in [0.2, 0.25) is 0 Å². The van der Waals surface area contributed by atoms with Crippen molar-refractivity contribution in [3.05, 3.63) is 23.8 Å². The number of anilines is 2. The maximum absolute atomic E-state index is 11.5. The van der Waals surface area contributed by atoms with E-state index in [0.29, 0.717) is 11.4 Å². The average Bonchev–Trinajstić information content (AvgIpc) is 2.28. The van der Waals surface area contributed by atoms with Gasteiger partial charge in [-0.2, -0.15) is 0 Å². The van der Waals surface area contributed by atoms with Crippen LogP contribution in [-0.4, -0.2) is 19.1 Å². The van der Waals surface area contributed by atoms with Gasteiger partial charge in [-0.1, -0.05) is 13.0 Å². The number of nitrogen functional groups attached to an aromatic ring is 1. The number of benzene rings is 1. The second-order valence-corrected chi connectivity index (χ2v) is 3.63. The first kappa shape index (κ1) is 12.5. The van der Waals surface area contributed by atoms with E-state index >= 15 is 0 Å². The molecule has 1 aromatic carbocycles. The lowest BCUT2D eigenvalue weighted by atomic mass is 10.1. The lowest BCUT2D eigenvalue weighted by molar-refractivity contribution is -0.124. The maximum atomic E-state index is 11.5. The summed E-state index contributed by atoms with van der Waals surface area (Å²) in [5, 5.41) is 2.74. The number of methoxy groups -OCH3 is 1. The molecule has 0 saturated carbocycles. The molecule has 0 aliphatic carbocycles. The van der Waals surface area contributed by atoms with Crippen molar-refractivity contribution in [1.82, 2.24) is 0 Å². The van der Waals surface area contributed by atoms with Gasteiger partial charge in [-0.05, 0) is 31.0 Å². The van der Waals surface area contributed by atoms with Crippen LogP contribution in [0.3, 0.4) is 0 Å². The molecule has 1 amide bonds. The Morgan fingerprint density at radius 1 is 1.56 bits per heavy atom. The number of ether oxygens (including phenoxy) is 1. The summed E-state index contributed by atoms with van der Waals surface area (Å²) in [4.78, 5) is 11.5. The summed E-state index contributed by atoms with van der Waals surface area (Å²) in [5.74, 6) is -0.175. The maximum Gasteiger partial charge on any atom is 0.253 e. The standard InChI is InChI=1S/C12H18N2O2/c1-4-9-5-6-10(7-11(9)13)14-12(15)8(2)16-3/h5-8H,4,13H2,1-3H3,(H,14,15). The average molecular weight is 222 g/mol. The van der Waals surface area contributed by atoms with Crippen molar-refractivity contribution in [3.8, 4) is 0 Å². The summed E-state index contributed by atoms with van der Waals surface area (Å²) in [7, 11) is 1.50. The predicted molar refractivity (Wildman–Crippen MR) is 65.3 cm³/mol. The fraction of sp³-hybridized carbons (Fsp3) is 0.417. The summed E-state index contributed by atoms with van der Waals surface area (Å²) in [6.07, 6.45) is 0.418. The molecule has 0 spiro atoms. The van der Waals surface area contributed by atoms with E-state index in [4.69, 9.17) is 10.5 Å². The highest BCUT2D eigenvalue weighted by atomic mass is 16.5. The van der Waals surface area contributed by atoms with Crippen molar-refractivity contribution >= 4 is 17.3 Å². The van der Waals surface area contributed by atoms with E-state index < -0.39 is 6.10 Å². The zero-order chi connectivity index (χ0) is 12.1. The molecule has 4 nitrogen and oxygen atoms in total. The summed E-state index contributed by atoms with van der Waals surface area (Å²) in [6, 6.07) is 5.52. The van der Waals surface area contributed by atoms with Crippen LogP contribution in [0.25, 0.3) is 0 Å². The third kappa shape index (κ3) is 2.97. The molecule has 1 unspecified atom stereocenters. The fourth-order valence-electron chi connectivity index (χ4n) is 1.35. The number of nitrogens with two attached hydrogens (primary N) is 1. The summed E-state index contributed by atoms with van der Waals surface area (Å²) >= 11 is 0. The minimum absolute atomic E-state index is 0.175. The Balaban J connectivity index is 2.75. The molecule has 16 heavy (non-hydrogen) atoms. The minimum Gasteiger partial charge on any atom is -0.398 e. The number of amides is 1. The van der Waals surface area contributed by atoms with Crippen LogP contribution in [0.1, 0.15) is 19.4 Å². The third-order valence-electron chi connectivity index (χ3n) is 2.52. The van der Waals surface area contributed by atoms with Gasteiger partial charge in [-0.15, -0.1) is 0 Å². The molecule has 0 bridgehead atoms. The summed E-state index contributed by atoms with van der Waals surface area (Å²) < 4.78 is 4.92. The quantitative estimate of drug-likeness (QED) is 0.763. The molecule has 1 atom stereocenters. The SMILES string of the molecule is CCc1ccc(NC(=O)C(C)OC)cc1N. The van der Waals surface area contributed by atoms with Crippen LogP contribution in [0, 0.1) is 0 Å². The van der Waals surface area contributed by atoms with Gasteiger partial charge >= 0.3 is 0 Å². The molecule has 0 saturated heterocycles. The fourth-order valence-corrected chi connectivity index (χ4v) is 1.35. The van der Waals surface area contributed by atoms with Crippen LogP contribution in [-0.2, 0) is 16.0 Å². The Kier molecular flexibility index (Phi) is 4.31. The molecule has 0 radical (unpaired) electrons. The Morgan fingerprint density at radius 2 is 2.25 bits per heavy atom. The van der Waals surface area contributed by atoms with Crippen molar-refractivity contribution in [2.45, 2.75) is 26.4 Å². The van der Waals surface area contributed by atoms with Crippen molar-refractivity contribution in [2.24, 2.45) is 0 Å². The number of aryl methyl sites for hydroxylation is 1. The molecule has 88 valence electrons. The van der Waals surface area contributed by atoms with Gasteiger partial charge in [-0.25, -0.2) is 0 Å². The van der Waals surface area contributed by atoms with E-state index in [9.17, 15) is 4.79 Å². The van der Waals surface area contributed by atoms with Crippen LogP contribution in [0.4, 0.5) is 11.4 Å². The number of hydrogen-bond donors (Lipinski definition) is 2. The first-order chi connectivity index (χ1) is 7.58. The lowest BCUT2D eigenvalue weighted by Crippen LogP contribution is -2.26. The number of nitrogens with one attached hydrogen (secondary N) is 1. The highest BCUT2D eigenvalue weighted by molar-refractivity contribution is 5.94. The molecule has 0 fully saturated rings. The molecule has 0 aliphatic heterocycles. The third-order valence-corrected chi connectivity index (χ3v) is 2.52. The van der Waals surface area contributed by atoms with Crippen molar-refractivity contribution in [2.75, 3.05) is 18.2 Å². The molecule has 1 aromatic rings. The number of rotatable bonds is 4. The molecule has 0 heterocycles. The molecule has 3 N–H and O–H groups in total. The van der Waals surface area contributed by atoms with E-state index in [2.05, 4.69) is 5.32 Å². The van der Waals surface area contributed by atoms with Crippen LogP contribution in [0.15, 0.2) is 18.2 Å². The van der Waals surface area contributed by atoms with Gasteiger partial charge in [0.05, 0.1) is 0 Å². The zero-order valence-corrected chi connectivity index (χ0v) is 9.91. The Bertz CT molecular complexity index is 377. The van der Waals surface area contributed by atoms with Crippen molar-refractivity contribution in [3.63, 3.8) is 0 Å². The molecule has 0 aliphatic rings. The first-order valence-corrected chi connectivity index (χ1v) is 5.30. The van der Waals surface area contributed by atoms with E-state index in [1.165, 1.54) is 7.11 Å². The van der Waals surface area contributed by atoms with Crippen LogP contribution in [0.5, 0.6) is 0 Å². The van der Waals surface area contributed by atoms with E-state index in [-0.39, 0.29) is 5.91 Å². The number of carbonyl (C=O) groups is 1. The molecule has 4 heteroatoms. The highest BCUT2D eigenvalue weighted by Gasteiger charge is 2.11. The molecule has 0 aromatic heterocycles. The molecular formula is C12H18N2O2. The van der Waals surface area contributed by atoms with Gasteiger partial charge in [0, 0.05) is 18.5 Å². The van der Waals surface area contributed by atoms with Gasteiger partial charge in [0.25, 0.3) is 5.91 Å². The molecular weight excluding hydrogens is 204 g/mol. The Morgan fingerprint density at radius 3 is 2.75 bits per heavy atom. The second kappa shape index (κ2) is 5.51. The topological polar surface area (TPSA) is 64.3 Å². The number of carbonyl (C=O) groups excluding carboxylic acids is 1. The van der Waals surface area contributed by atoms with Gasteiger partial charge in [0.15, 0.2) is 0 Å². The predicted octanol–water partition coefficient (Wildman–Crippen LogP) is 1.80. The van der Waals surface area contributed by atoms with E-state index in [1.54, 1.807) is 13.0 Å². The summed E-state index contributed by atoms with van der Waals surface area (Å²) in [6.45, 7) is 3.73. The molecule has 1 rings (SSSR count).